The molecule has 100 valence electrons. The summed E-state index contributed by atoms with van der Waals surface area (Å²) in [5.74, 6) is -0.216. The van der Waals surface area contributed by atoms with Gasteiger partial charge in [0.2, 0.25) is 0 Å². The van der Waals surface area contributed by atoms with Crippen molar-refractivity contribution in [3.63, 3.8) is 0 Å². The molecule has 0 aliphatic rings. The molecule has 0 spiro atoms. The Hall–Kier alpha value is -1.35. The number of nitrogens with zero attached hydrogens (tertiary/aromatic N) is 1. The molecule has 0 amide bonds. The van der Waals surface area contributed by atoms with E-state index in [4.69, 9.17) is 0 Å². The predicted molar refractivity (Wildman–Crippen MR) is 82.1 cm³/mol. The maximum absolute atomic E-state index is 13.5. The van der Waals surface area contributed by atoms with Gasteiger partial charge in [0.1, 0.15) is 5.82 Å². The first kappa shape index (κ1) is 14.1. The smallest absolute Gasteiger partial charge is 0.137 e. The zero-order valence-electron chi connectivity index (χ0n) is 11.4. The summed E-state index contributed by atoms with van der Waals surface area (Å²) in [6, 6.07) is 11.6. The van der Waals surface area contributed by atoms with Crippen LogP contribution in [0.4, 0.5) is 10.1 Å². The molecule has 0 bridgehead atoms. The average Bonchev–Trinajstić information content (AvgIpc) is 2.33. The number of hydrogen-bond donors (Lipinski definition) is 0. The van der Waals surface area contributed by atoms with Crippen LogP contribution >= 0.6 is 15.9 Å². The summed E-state index contributed by atoms with van der Waals surface area (Å²) in [7, 11) is 2.02. The van der Waals surface area contributed by atoms with Gasteiger partial charge in [0.15, 0.2) is 0 Å². The van der Waals surface area contributed by atoms with Gasteiger partial charge in [-0.05, 0) is 64.7 Å². The first-order chi connectivity index (χ1) is 8.97. The Labute approximate surface area is 122 Å². The molecule has 19 heavy (non-hydrogen) atoms. The lowest BCUT2D eigenvalue weighted by atomic mass is 10.1. The average molecular weight is 322 g/mol. The topological polar surface area (TPSA) is 3.24 Å². The highest BCUT2D eigenvalue weighted by Gasteiger charge is 2.09. The zero-order valence-corrected chi connectivity index (χ0v) is 13.0. The third-order valence-electron chi connectivity index (χ3n) is 3.09. The van der Waals surface area contributed by atoms with Gasteiger partial charge in [-0.15, -0.1) is 0 Å². The lowest BCUT2D eigenvalue weighted by Crippen LogP contribution is -2.17. The second-order valence-electron chi connectivity index (χ2n) is 4.91. The van der Waals surface area contributed by atoms with Gasteiger partial charge >= 0.3 is 0 Å². The van der Waals surface area contributed by atoms with Gasteiger partial charge < -0.3 is 4.90 Å². The molecule has 0 radical (unpaired) electrons. The van der Waals surface area contributed by atoms with Gasteiger partial charge in [-0.1, -0.05) is 18.2 Å². The summed E-state index contributed by atoms with van der Waals surface area (Å²) >= 11 is 3.31. The molecule has 0 N–H and O–H groups in total. The molecule has 3 heteroatoms. The fourth-order valence-corrected chi connectivity index (χ4v) is 2.58. The highest BCUT2D eigenvalue weighted by molar-refractivity contribution is 9.10. The van der Waals surface area contributed by atoms with Crippen molar-refractivity contribution in [1.29, 1.82) is 0 Å². The molecule has 0 unspecified atom stereocenters. The van der Waals surface area contributed by atoms with Crippen LogP contribution in [0.15, 0.2) is 40.9 Å². The monoisotopic (exact) mass is 321 g/mol. The lowest BCUT2D eigenvalue weighted by Gasteiger charge is -2.21. The molecule has 0 aromatic heterocycles. The molecule has 0 aliphatic carbocycles. The second-order valence-corrected chi connectivity index (χ2v) is 5.71. The molecule has 0 heterocycles. The third-order valence-corrected chi connectivity index (χ3v) is 3.97. The molecule has 2 aromatic carbocycles. The molecule has 1 nitrogen and oxygen atoms in total. The van der Waals surface area contributed by atoms with Gasteiger partial charge in [-0.2, -0.15) is 0 Å². The van der Waals surface area contributed by atoms with Crippen LogP contribution in [0.1, 0.15) is 16.7 Å². The Morgan fingerprint density at radius 1 is 1.11 bits per heavy atom. The highest BCUT2D eigenvalue weighted by atomic mass is 79.9. The van der Waals surface area contributed by atoms with Crippen molar-refractivity contribution in [2.24, 2.45) is 0 Å². The van der Waals surface area contributed by atoms with Crippen molar-refractivity contribution in [2.75, 3.05) is 11.9 Å². The van der Waals surface area contributed by atoms with Gasteiger partial charge in [-0.3, -0.25) is 0 Å². The molecule has 2 aromatic rings. The minimum atomic E-state index is -0.216. The van der Waals surface area contributed by atoms with E-state index < -0.39 is 0 Å². The fourth-order valence-electron chi connectivity index (χ4n) is 2.19. The number of benzene rings is 2. The van der Waals surface area contributed by atoms with Crippen LogP contribution in [0, 0.1) is 19.7 Å². The zero-order chi connectivity index (χ0) is 14.0. The van der Waals surface area contributed by atoms with Crippen molar-refractivity contribution in [3.8, 4) is 0 Å². The molecule has 2 rings (SSSR count). The van der Waals surface area contributed by atoms with Crippen molar-refractivity contribution < 1.29 is 4.39 Å². The van der Waals surface area contributed by atoms with Crippen molar-refractivity contribution >= 4 is 21.6 Å². The van der Waals surface area contributed by atoms with E-state index in [2.05, 4.69) is 52.9 Å². The first-order valence-corrected chi connectivity index (χ1v) is 6.99. The van der Waals surface area contributed by atoms with E-state index in [0.29, 0.717) is 11.0 Å². The lowest BCUT2D eigenvalue weighted by molar-refractivity contribution is 0.617. The van der Waals surface area contributed by atoms with E-state index >= 15 is 0 Å². The van der Waals surface area contributed by atoms with E-state index in [1.807, 2.05) is 13.1 Å². The van der Waals surface area contributed by atoms with E-state index in [-0.39, 0.29) is 5.82 Å². The van der Waals surface area contributed by atoms with Gasteiger partial charge in [0.25, 0.3) is 0 Å². The van der Waals surface area contributed by atoms with Crippen LogP contribution < -0.4 is 4.90 Å². The maximum atomic E-state index is 13.5. The van der Waals surface area contributed by atoms with Gasteiger partial charge in [0, 0.05) is 19.3 Å². The first-order valence-electron chi connectivity index (χ1n) is 6.19. The summed E-state index contributed by atoms with van der Waals surface area (Å²) in [5.41, 5.74) is 4.57. The Morgan fingerprint density at radius 2 is 1.74 bits per heavy atom. The number of anilines is 1. The standard InChI is InChI=1S/C16H17BrFN/c1-11-7-12(2)9-14(8-11)19(3)10-13-5-4-6-15(18)16(13)17/h4-9H,10H2,1-3H3. The fraction of sp³-hybridized carbons (Fsp3) is 0.250. The summed E-state index contributed by atoms with van der Waals surface area (Å²) in [6.07, 6.45) is 0. The predicted octanol–water partition coefficient (Wildman–Crippen LogP) is 4.84. The Kier molecular flexibility index (Phi) is 4.25. The molecule has 0 fully saturated rings. The van der Waals surface area contributed by atoms with E-state index in [9.17, 15) is 4.39 Å². The molecule has 0 saturated heterocycles. The van der Waals surface area contributed by atoms with Gasteiger partial charge in [-0.25, -0.2) is 4.39 Å². The molecule has 0 saturated carbocycles. The summed E-state index contributed by atoms with van der Waals surface area (Å²) in [4.78, 5) is 2.12. The van der Waals surface area contributed by atoms with Crippen LogP contribution in [0.2, 0.25) is 0 Å². The van der Waals surface area contributed by atoms with E-state index in [1.165, 1.54) is 17.2 Å². The van der Waals surface area contributed by atoms with Crippen LogP contribution in [-0.4, -0.2) is 7.05 Å². The largest absolute Gasteiger partial charge is 0.370 e. The molecule has 0 atom stereocenters. The van der Waals surface area contributed by atoms with Crippen molar-refractivity contribution in [2.45, 2.75) is 20.4 Å². The van der Waals surface area contributed by atoms with Crippen LogP contribution in [0.25, 0.3) is 0 Å². The number of rotatable bonds is 3. The van der Waals surface area contributed by atoms with Crippen LogP contribution in [0.5, 0.6) is 0 Å². The summed E-state index contributed by atoms with van der Waals surface area (Å²) in [6.45, 7) is 4.84. The molecule has 0 aliphatic heterocycles. The van der Waals surface area contributed by atoms with Crippen LogP contribution in [0.3, 0.4) is 0 Å². The maximum Gasteiger partial charge on any atom is 0.137 e. The van der Waals surface area contributed by atoms with E-state index in [1.54, 1.807) is 6.07 Å². The number of aryl methyl sites for hydroxylation is 2. The Morgan fingerprint density at radius 3 is 2.37 bits per heavy atom. The quantitative estimate of drug-likeness (QED) is 0.781. The van der Waals surface area contributed by atoms with Gasteiger partial charge in [0.05, 0.1) is 4.47 Å². The second kappa shape index (κ2) is 5.74. The highest BCUT2D eigenvalue weighted by Crippen LogP contribution is 2.24. The van der Waals surface area contributed by atoms with E-state index in [0.717, 1.165) is 11.3 Å². The summed E-state index contributed by atoms with van der Waals surface area (Å²) in [5, 5.41) is 0. The van der Waals surface area contributed by atoms with Crippen molar-refractivity contribution in [3.05, 3.63) is 63.4 Å². The van der Waals surface area contributed by atoms with Crippen molar-refractivity contribution in [1.82, 2.24) is 0 Å². The Bertz CT molecular complexity index is 575. The minimum absolute atomic E-state index is 0.216. The summed E-state index contributed by atoms with van der Waals surface area (Å²) < 4.78 is 14.0. The number of hydrogen-bond acceptors (Lipinski definition) is 1. The Balaban J connectivity index is 2.25. The number of halogens is 2. The third kappa shape index (κ3) is 3.35. The molecular formula is C16H17BrFN. The minimum Gasteiger partial charge on any atom is -0.370 e. The van der Waals surface area contributed by atoms with Crippen LogP contribution in [-0.2, 0) is 6.54 Å². The SMILES string of the molecule is Cc1cc(C)cc(N(C)Cc2cccc(F)c2Br)c1. The molecular weight excluding hydrogens is 305 g/mol. The normalized spacial score (nSPS) is 10.6.